The van der Waals surface area contributed by atoms with Gasteiger partial charge in [0.15, 0.2) is 0 Å². The van der Waals surface area contributed by atoms with Crippen LogP contribution in [0.3, 0.4) is 0 Å². The van der Waals surface area contributed by atoms with Crippen LogP contribution in [0.1, 0.15) is 32.9 Å². The maximum absolute atomic E-state index is 4.33. The molecule has 2 nitrogen and oxygen atoms in total. The van der Waals surface area contributed by atoms with Gasteiger partial charge in [-0.3, -0.25) is 4.98 Å². The normalized spacial score (nSPS) is 12.1. The monoisotopic (exact) mass is 218 g/mol. The van der Waals surface area contributed by atoms with Crippen molar-refractivity contribution in [1.82, 2.24) is 10.3 Å². The number of pyridine rings is 1. The van der Waals surface area contributed by atoms with Gasteiger partial charge >= 0.3 is 0 Å². The lowest BCUT2D eigenvalue weighted by Gasteiger charge is -2.12. The van der Waals surface area contributed by atoms with E-state index in [9.17, 15) is 0 Å². The van der Waals surface area contributed by atoms with Crippen LogP contribution in [0.25, 0.3) is 6.08 Å². The predicted molar refractivity (Wildman–Crippen MR) is 70.2 cm³/mol. The number of hydrogen-bond acceptors (Lipinski definition) is 2. The molecule has 88 valence electrons. The minimum Gasteiger partial charge on any atom is -0.313 e. The summed E-state index contributed by atoms with van der Waals surface area (Å²) in [5, 5.41) is 3.44. The Balaban J connectivity index is 2.66. The van der Waals surface area contributed by atoms with E-state index in [4.69, 9.17) is 0 Å². The van der Waals surface area contributed by atoms with Crippen molar-refractivity contribution in [2.24, 2.45) is 5.92 Å². The molecule has 0 unspecified atom stereocenters. The molecule has 2 heteroatoms. The first kappa shape index (κ1) is 12.9. The number of rotatable bonds is 6. The Labute approximate surface area is 98.8 Å². The lowest BCUT2D eigenvalue weighted by atomic mass is 10.0. The molecule has 0 aliphatic rings. The maximum Gasteiger partial charge on any atom is 0.0629 e. The SMILES string of the molecule is CCCNCC(=Cc1ccccn1)C(C)C. The maximum atomic E-state index is 4.33. The molecule has 0 aliphatic carbocycles. The third kappa shape index (κ3) is 4.58. The zero-order valence-electron chi connectivity index (χ0n) is 10.5. The van der Waals surface area contributed by atoms with E-state index in [0.29, 0.717) is 5.92 Å². The van der Waals surface area contributed by atoms with Crippen LogP contribution in [-0.2, 0) is 0 Å². The van der Waals surface area contributed by atoms with Gasteiger partial charge in [0.1, 0.15) is 0 Å². The lowest BCUT2D eigenvalue weighted by Crippen LogP contribution is -2.20. The van der Waals surface area contributed by atoms with E-state index in [1.165, 1.54) is 12.0 Å². The van der Waals surface area contributed by atoms with Gasteiger partial charge in [0.05, 0.1) is 5.69 Å². The number of hydrogen-bond donors (Lipinski definition) is 1. The fourth-order valence-electron chi connectivity index (χ4n) is 1.48. The molecule has 16 heavy (non-hydrogen) atoms. The molecule has 0 aliphatic heterocycles. The van der Waals surface area contributed by atoms with E-state index in [-0.39, 0.29) is 0 Å². The third-order valence-corrected chi connectivity index (χ3v) is 2.52. The smallest absolute Gasteiger partial charge is 0.0629 e. The Morgan fingerprint density at radius 3 is 2.81 bits per heavy atom. The van der Waals surface area contributed by atoms with Crippen molar-refractivity contribution in [3.63, 3.8) is 0 Å². The highest BCUT2D eigenvalue weighted by molar-refractivity contribution is 5.49. The molecule has 1 heterocycles. The van der Waals surface area contributed by atoms with Crippen LogP contribution >= 0.6 is 0 Å². The Morgan fingerprint density at radius 1 is 1.44 bits per heavy atom. The highest BCUT2D eigenvalue weighted by Crippen LogP contribution is 2.12. The van der Waals surface area contributed by atoms with E-state index < -0.39 is 0 Å². The molecular formula is C14H22N2. The minimum atomic E-state index is 0.561. The second kappa shape index (κ2) is 7.18. The Kier molecular flexibility index (Phi) is 5.79. The average Bonchev–Trinajstić information content (AvgIpc) is 2.29. The molecule has 1 rings (SSSR count). The quantitative estimate of drug-likeness (QED) is 0.742. The van der Waals surface area contributed by atoms with Gasteiger partial charge in [-0.15, -0.1) is 0 Å². The summed E-state index contributed by atoms with van der Waals surface area (Å²) in [6.07, 6.45) is 5.20. The average molecular weight is 218 g/mol. The molecule has 0 radical (unpaired) electrons. The van der Waals surface area contributed by atoms with Crippen LogP contribution < -0.4 is 5.32 Å². The first-order valence-corrected chi connectivity index (χ1v) is 6.06. The van der Waals surface area contributed by atoms with Crippen LogP contribution in [0.5, 0.6) is 0 Å². The topological polar surface area (TPSA) is 24.9 Å². The largest absolute Gasteiger partial charge is 0.313 e. The van der Waals surface area contributed by atoms with Crippen LogP contribution in [0.4, 0.5) is 0 Å². The lowest BCUT2D eigenvalue weighted by molar-refractivity contribution is 0.656. The highest BCUT2D eigenvalue weighted by atomic mass is 14.8. The first-order valence-electron chi connectivity index (χ1n) is 6.06. The molecule has 0 amide bonds. The zero-order chi connectivity index (χ0) is 11.8. The molecule has 1 aromatic rings. The summed E-state index contributed by atoms with van der Waals surface area (Å²) >= 11 is 0. The van der Waals surface area contributed by atoms with Gasteiger partial charge in [-0.2, -0.15) is 0 Å². The van der Waals surface area contributed by atoms with Crippen molar-refractivity contribution >= 4 is 6.08 Å². The second-order valence-electron chi connectivity index (χ2n) is 4.31. The van der Waals surface area contributed by atoms with Gasteiger partial charge in [-0.05, 0) is 37.1 Å². The van der Waals surface area contributed by atoms with E-state index >= 15 is 0 Å². The Morgan fingerprint density at radius 2 is 2.25 bits per heavy atom. The van der Waals surface area contributed by atoms with Crippen molar-refractivity contribution in [2.45, 2.75) is 27.2 Å². The Hall–Kier alpha value is -1.15. The van der Waals surface area contributed by atoms with Gasteiger partial charge in [-0.1, -0.05) is 32.4 Å². The predicted octanol–water partition coefficient (Wildman–Crippen LogP) is 3.12. The van der Waals surface area contributed by atoms with Gasteiger partial charge in [-0.25, -0.2) is 0 Å². The van der Waals surface area contributed by atoms with Crippen molar-refractivity contribution in [3.8, 4) is 0 Å². The van der Waals surface area contributed by atoms with Crippen molar-refractivity contribution in [2.75, 3.05) is 13.1 Å². The van der Waals surface area contributed by atoms with Gasteiger partial charge in [0.25, 0.3) is 0 Å². The molecule has 0 atom stereocenters. The fraction of sp³-hybridized carbons (Fsp3) is 0.500. The summed E-state index contributed by atoms with van der Waals surface area (Å²) in [4.78, 5) is 4.33. The molecule has 0 spiro atoms. The zero-order valence-corrected chi connectivity index (χ0v) is 10.5. The van der Waals surface area contributed by atoms with Crippen LogP contribution in [0, 0.1) is 5.92 Å². The van der Waals surface area contributed by atoms with Crippen LogP contribution in [0.2, 0.25) is 0 Å². The van der Waals surface area contributed by atoms with Gasteiger partial charge < -0.3 is 5.32 Å². The summed E-state index contributed by atoms with van der Waals surface area (Å²) in [6, 6.07) is 6.01. The minimum absolute atomic E-state index is 0.561. The molecular weight excluding hydrogens is 196 g/mol. The summed E-state index contributed by atoms with van der Waals surface area (Å²) in [7, 11) is 0. The van der Waals surface area contributed by atoms with E-state index in [1.54, 1.807) is 0 Å². The molecule has 0 bridgehead atoms. The van der Waals surface area contributed by atoms with Crippen LogP contribution in [-0.4, -0.2) is 18.1 Å². The van der Waals surface area contributed by atoms with E-state index in [2.05, 4.69) is 37.1 Å². The van der Waals surface area contributed by atoms with Crippen LogP contribution in [0.15, 0.2) is 30.0 Å². The number of nitrogens with one attached hydrogen (secondary N) is 1. The molecule has 1 aromatic heterocycles. The molecule has 0 aromatic carbocycles. The molecule has 0 saturated heterocycles. The van der Waals surface area contributed by atoms with Crippen molar-refractivity contribution in [3.05, 3.63) is 35.7 Å². The number of aromatic nitrogens is 1. The first-order chi connectivity index (χ1) is 7.74. The standard InChI is InChI=1S/C14H22N2/c1-4-8-15-11-13(12(2)3)10-14-7-5-6-9-16-14/h5-7,9-10,12,15H,4,8,11H2,1-3H3. The van der Waals surface area contributed by atoms with Gasteiger partial charge in [0, 0.05) is 12.7 Å². The highest BCUT2D eigenvalue weighted by Gasteiger charge is 2.03. The van der Waals surface area contributed by atoms with Gasteiger partial charge in [0.2, 0.25) is 0 Å². The summed E-state index contributed by atoms with van der Waals surface area (Å²) in [6.45, 7) is 8.67. The fourth-order valence-corrected chi connectivity index (χ4v) is 1.48. The van der Waals surface area contributed by atoms with Crippen molar-refractivity contribution < 1.29 is 0 Å². The molecule has 0 fully saturated rings. The van der Waals surface area contributed by atoms with E-state index in [1.807, 2.05) is 24.4 Å². The third-order valence-electron chi connectivity index (χ3n) is 2.52. The number of nitrogens with zero attached hydrogens (tertiary/aromatic N) is 1. The Bertz CT molecular complexity index is 315. The summed E-state index contributed by atoms with van der Waals surface area (Å²) in [5.74, 6) is 0.561. The van der Waals surface area contributed by atoms with E-state index in [0.717, 1.165) is 18.8 Å². The second-order valence-corrected chi connectivity index (χ2v) is 4.31. The molecule has 0 saturated carbocycles. The van der Waals surface area contributed by atoms with Crippen molar-refractivity contribution in [1.29, 1.82) is 0 Å². The summed E-state index contributed by atoms with van der Waals surface area (Å²) in [5.41, 5.74) is 2.46. The molecule has 1 N–H and O–H groups in total. The summed E-state index contributed by atoms with van der Waals surface area (Å²) < 4.78 is 0.